The summed E-state index contributed by atoms with van der Waals surface area (Å²) in [6.45, 7) is 11.6. The third-order valence-corrected chi connectivity index (χ3v) is 2.55. The standard InChI is InChI=1S/C14H25N3/c1-11(2)9-17(10-12(3)4)14-6-5-13(7-15)16-8-14/h5-6,8,11-12H,7,9-10,15H2,1-4H3. The molecule has 0 bridgehead atoms. The van der Waals surface area contributed by atoms with Crippen LogP contribution in [0.25, 0.3) is 0 Å². The van der Waals surface area contributed by atoms with E-state index < -0.39 is 0 Å². The summed E-state index contributed by atoms with van der Waals surface area (Å²) >= 11 is 0. The lowest BCUT2D eigenvalue weighted by atomic mass is 10.1. The zero-order valence-electron chi connectivity index (χ0n) is 11.5. The Morgan fingerprint density at radius 3 is 2.06 bits per heavy atom. The van der Waals surface area contributed by atoms with E-state index in [1.807, 2.05) is 12.3 Å². The van der Waals surface area contributed by atoms with Crippen molar-refractivity contribution in [2.24, 2.45) is 17.6 Å². The van der Waals surface area contributed by atoms with Gasteiger partial charge >= 0.3 is 0 Å². The molecule has 0 aliphatic heterocycles. The van der Waals surface area contributed by atoms with Crippen LogP contribution in [-0.2, 0) is 6.54 Å². The van der Waals surface area contributed by atoms with Gasteiger partial charge in [0.25, 0.3) is 0 Å². The van der Waals surface area contributed by atoms with Gasteiger partial charge in [0.1, 0.15) is 0 Å². The number of nitrogens with zero attached hydrogens (tertiary/aromatic N) is 2. The Hall–Kier alpha value is -1.09. The minimum absolute atomic E-state index is 0.509. The predicted octanol–water partition coefficient (Wildman–Crippen LogP) is 2.66. The van der Waals surface area contributed by atoms with Crippen LogP contribution in [0, 0.1) is 11.8 Å². The molecule has 0 fully saturated rings. The van der Waals surface area contributed by atoms with Gasteiger partial charge in [-0.2, -0.15) is 0 Å². The molecule has 0 radical (unpaired) electrons. The van der Waals surface area contributed by atoms with Crippen LogP contribution in [-0.4, -0.2) is 18.1 Å². The van der Waals surface area contributed by atoms with Crippen LogP contribution in [0.2, 0.25) is 0 Å². The van der Waals surface area contributed by atoms with E-state index in [9.17, 15) is 0 Å². The summed E-state index contributed by atoms with van der Waals surface area (Å²) in [7, 11) is 0. The first-order valence-corrected chi connectivity index (χ1v) is 6.42. The van der Waals surface area contributed by atoms with Crippen LogP contribution < -0.4 is 10.6 Å². The molecule has 0 saturated heterocycles. The van der Waals surface area contributed by atoms with Crippen LogP contribution in [0.5, 0.6) is 0 Å². The molecule has 2 N–H and O–H groups in total. The molecule has 1 aromatic rings. The number of nitrogens with two attached hydrogens (primary N) is 1. The second-order valence-corrected chi connectivity index (χ2v) is 5.40. The number of pyridine rings is 1. The van der Waals surface area contributed by atoms with Crippen molar-refractivity contribution in [3.05, 3.63) is 24.0 Å². The van der Waals surface area contributed by atoms with Gasteiger partial charge in [0, 0.05) is 19.6 Å². The number of anilines is 1. The fraction of sp³-hybridized carbons (Fsp3) is 0.643. The molecule has 0 unspecified atom stereocenters. The van der Waals surface area contributed by atoms with E-state index in [-0.39, 0.29) is 0 Å². The number of rotatable bonds is 6. The summed E-state index contributed by atoms with van der Waals surface area (Å²) in [5.74, 6) is 1.31. The first-order valence-electron chi connectivity index (χ1n) is 6.42. The van der Waals surface area contributed by atoms with Gasteiger partial charge in [0.15, 0.2) is 0 Å². The minimum atomic E-state index is 0.509. The summed E-state index contributed by atoms with van der Waals surface area (Å²) < 4.78 is 0. The lowest BCUT2D eigenvalue weighted by molar-refractivity contribution is 0.552. The third kappa shape index (κ3) is 4.73. The van der Waals surface area contributed by atoms with Crippen LogP contribution in [0.4, 0.5) is 5.69 Å². The maximum absolute atomic E-state index is 5.56. The molecule has 0 aliphatic rings. The average molecular weight is 235 g/mol. The maximum atomic E-state index is 5.56. The molecule has 1 rings (SSSR count). The molecule has 0 saturated carbocycles. The van der Waals surface area contributed by atoms with Crippen molar-refractivity contribution in [2.45, 2.75) is 34.2 Å². The summed E-state index contributed by atoms with van der Waals surface area (Å²) in [6.07, 6.45) is 1.94. The second kappa shape index (κ2) is 6.60. The smallest absolute Gasteiger partial charge is 0.0553 e. The van der Waals surface area contributed by atoms with Gasteiger partial charge in [-0.15, -0.1) is 0 Å². The van der Waals surface area contributed by atoms with Crippen molar-refractivity contribution in [3.63, 3.8) is 0 Å². The highest BCUT2D eigenvalue weighted by Gasteiger charge is 2.10. The summed E-state index contributed by atoms with van der Waals surface area (Å²) in [4.78, 5) is 6.77. The zero-order chi connectivity index (χ0) is 12.8. The molecule has 3 nitrogen and oxygen atoms in total. The van der Waals surface area contributed by atoms with Crippen molar-refractivity contribution < 1.29 is 0 Å². The zero-order valence-corrected chi connectivity index (χ0v) is 11.5. The Morgan fingerprint density at radius 1 is 1.12 bits per heavy atom. The minimum Gasteiger partial charge on any atom is -0.370 e. The first-order chi connectivity index (χ1) is 8.02. The normalized spacial score (nSPS) is 11.2. The second-order valence-electron chi connectivity index (χ2n) is 5.40. The molecule has 1 heterocycles. The quantitative estimate of drug-likeness (QED) is 0.824. The predicted molar refractivity (Wildman–Crippen MR) is 74.0 cm³/mol. The van der Waals surface area contributed by atoms with Gasteiger partial charge in [-0.1, -0.05) is 27.7 Å². The Kier molecular flexibility index (Phi) is 5.42. The van der Waals surface area contributed by atoms with Crippen molar-refractivity contribution in [2.75, 3.05) is 18.0 Å². The Bertz CT molecular complexity index is 307. The molecule has 3 heteroatoms. The van der Waals surface area contributed by atoms with Crippen LogP contribution in [0.3, 0.4) is 0 Å². The summed E-state index contributed by atoms with van der Waals surface area (Å²) in [6, 6.07) is 4.14. The highest BCUT2D eigenvalue weighted by Crippen LogP contribution is 2.16. The number of hydrogen-bond donors (Lipinski definition) is 1. The number of aromatic nitrogens is 1. The lowest BCUT2D eigenvalue weighted by Crippen LogP contribution is -2.31. The van der Waals surface area contributed by atoms with Crippen molar-refractivity contribution in [1.82, 2.24) is 4.98 Å². The Morgan fingerprint density at radius 2 is 1.71 bits per heavy atom. The number of hydrogen-bond acceptors (Lipinski definition) is 3. The highest BCUT2D eigenvalue weighted by atomic mass is 15.1. The molecule has 0 spiro atoms. The topological polar surface area (TPSA) is 42.1 Å². The summed E-state index contributed by atoms with van der Waals surface area (Å²) in [5.41, 5.74) is 7.71. The molecule has 0 atom stereocenters. The molecule has 96 valence electrons. The van der Waals surface area contributed by atoms with E-state index in [1.54, 1.807) is 0 Å². The van der Waals surface area contributed by atoms with E-state index in [1.165, 1.54) is 5.69 Å². The summed E-state index contributed by atoms with van der Waals surface area (Å²) in [5, 5.41) is 0. The fourth-order valence-corrected chi connectivity index (χ4v) is 1.89. The molecule has 0 aromatic carbocycles. The van der Waals surface area contributed by atoms with Gasteiger partial charge in [0.2, 0.25) is 0 Å². The van der Waals surface area contributed by atoms with Gasteiger partial charge in [-0.3, -0.25) is 4.98 Å². The van der Waals surface area contributed by atoms with E-state index in [0.29, 0.717) is 18.4 Å². The monoisotopic (exact) mass is 235 g/mol. The van der Waals surface area contributed by atoms with Crippen LogP contribution in [0.15, 0.2) is 18.3 Å². The molecular weight excluding hydrogens is 210 g/mol. The SMILES string of the molecule is CC(C)CN(CC(C)C)c1ccc(CN)nc1. The first kappa shape index (κ1) is 14.0. The van der Waals surface area contributed by atoms with E-state index in [4.69, 9.17) is 5.73 Å². The van der Waals surface area contributed by atoms with Crippen LogP contribution in [0.1, 0.15) is 33.4 Å². The largest absolute Gasteiger partial charge is 0.370 e. The Balaban J connectivity index is 2.79. The molecule has 17 heavy (non-hydrogen) atoms. The van der Waals surface area contributed by atoms with Gasteiger partial charge in [-0.05, 0) is 24.0 Å². The highest BCUT2D eigenvalue weighted by molar-refractivity contribution is 5.44. The average Bonchev–Trinajstić information content (AvgIpc) is 2.27. The van der Waals surface area contributed by atoms with Crippen molar-refractivity contribution in [3.8, 4) is 0 Å². The molecule has 0 aliphatic carbocycles. The molecular formula is C14H25N3. The van der Waals surface area contributed by atoms with Gasteiger partial charge < -0.3 is 10.6 Å². The van der Waals surface area contributed by atoms with E-state index in [0.717, 1.165) is 18.8 Å². The van der Waals surface area contributed by atoms with Crippen molar-refractivity contribution in [1.29, 1.82) is 0 Å². The lowest BCUT2D eigenvalue weighted by Gasteiger charge is -2.28. The molecule has 1 aromatic heterocycles. The Labute approximate surface area is 105 Å². The fourth-order valence-electron chi connectivity index (χ4n) is 1.89. The van der Waals surface area contributed by atoms with Gasteiger partial charge in [0.05, 0.1) is 17.6 Å². The van der Waals surface area contributed by atoms with Gasteiger partial charge in [-0.25, -0.2) is 0 Å². The van der Waals surface area contributed by atoms with E-state index >= 15 is 0 Å². The maximum Gasteiger partial charge on any atom is 0.0553 e. The molecule has 0 amide bonds. The van der Waals surface area contributed by atoms with Crippen LogP contribution >= 0.6 is 0 Å². The van der Waals surface area contributed by atoms with Crippen molar-refractivity contribution >= 4 is 5.69 Å². The third-order valence-electron chi connectivity index (χ3n) is 2.55. The van der Waals surface area contributed by atoms with E-state index in [2.05, 4.69) is 43.6 Å².